The zero-order valence-corrected chi connectivity index (χ0v) is 16.7. The molecule has 2 rings (SSSR count). The maximum absolute atomic E-state index is 12.1. The van der Waals surface area contributed by atoms with Crippen LogP contribution in [0.2, 0.25) is 0 Å². The molecule has 0 aliphatic heterocycles. The average Bonchev–Trinajstić information content (AvgIpc) is 2.65. The molecule has 1 atom stereocenters. The van der Waals surface area contributed by atoms with Gasteiger partial charge in [0.25, 0.3) is 11.8 Å². The van der Waals surface area contributed by atoms with Gasteiger partial charge in [-0.2, -0.15) is 0 Å². The zero-order valence-electron chi connectivity index (χ0n) is 15.1. The van der Waals surface area contributed by atoms with Crippen LogP contribution < -0.4 is 15.4 Å². The largest absolute Gasteiger partial charge is 0.483 e. The molecule has 0 aromatic heterocycles. The monoisotopic (exact) mass is 418 g/mol. The fourth-order valence-electron chi connectivity index (χ4n) is 2.40. The van der Waals surface area contributed by atoms with E-state index < -0.39 is 0 Å². The summed E-state index contributed by atoms with van der Waals surface area (Å²) >= 11 is 3.49. The highest BCUT2D eigenvalue weighted by atomic mass is 79.9. The summed E-state index contributed by atoms with van der Waals surface area (Å²) in [7, 11) is 1.56. The second-order valence-corrected chi connectivity index (χ2v) is 6.85. The van der Waals surface area contributed by atoms with Crippen molar-refractivity contribution in [3.8, 4) is 5.75 Å². The van der Waals surface area contributed by atoms with Crippen molar-refractivity contribution in [3.63, 3.8) is 0 Å². The first-order valence-corrected chi connectivity index (χ1v) is 9.28. The van der Waals surface area contributed by atoms with Crippen molar-refractivity contribution in [2.75, 3.05) is 19.0 Å². The van der Waals surface area contributed by atoms with Crippen LogP contribution in [0.1, 0.15) is 42.1 Å². The molecule has 0 saturated carbocycles. The number of benzene rings is 2. The predicted molar refractivity (Wildman–Crippen MR) is 107 cm³/mol. The predicted octanol–water partition coefficient (Wildman–Crippen LogP) is 4.34. The average molecular weight is 419 g/mol. The number of anilines is 1. The SMILES string of the molecule is CCC(C)c1ccc(OCC(=O)Nc2cccc(C(=O)NC)c2)c(Br)c1. The van der Waals surface area contributed by atoms with Gasteiger partial charge in [0.2, 0.25) is 0 Å². The van der Waals surface area contributed by atoms with Crippen LogP contribution in [0.25, 0.3) is 0 Å². The number of nitrogens with one attached hydrogen (secondary N) is 2. The lowest BCUT2D eigenvalue weighted by Crippen LogP contribution is -2.21. The fraction of sp³-hybridized carbons (Fsp3) is 0.300. The van der Waals surface area contributed by atoms with Crippen LogP contribution >= 0.6 is 15.9 Å². The molecule has 2 aromatic rings. The first-order valence-electron chi connectivity index (χ1n) is 8.48. The molecular weight excluding hydrogens is 396 g/mol. The van der Waals surface area contributed by atoms with Gasteiger partial charge >= 0.3 is 0 Å². The Morgan fingerprint density at radius 1 is 1.19 bits per heavy atom. The van der Waals surface area contributed by atoms with E-state index in [0.29, 0.717) is 22.9 Å². The first-order chi connectivity index (χ1) is 12.4. The van der Waals surface area contributed by atoms with Crippen LogP contribution in [0.4, 0.5) is 5.69 Å². The highest BCUT2D eigenvalue weighted by molar-refractivity contribution is 9.10. The number of rotatable bonds is 7. The van der Waals surface area contributed by atoms with Gasteiger partial charge in [0.1, 0.15) is 5.75 Å². The van der Waals surface area contributed by atoms with Crippen molar-refractivity contribution in [2.24, 2.45) is 0 Å². The van der Waals surface area contributed by atoms with E-state index in [1.165, 1.54) is 5.56 Å². The lowest BCUT2D eigenvalue weighted by molar-refractivity contribution is -0.118. The number of hydrogen-bond acceptors (Lipinski definition) is 3. The lowest BCUT2D eigenvalue weighted by atomic mass is 9.99. The van der Waals surface area contributed by atoms with Crippen molar-refractivity contribution in [1.29, 1.82) is 0 Å². The van der Waals surface area contributed by atoms with Crippen LogP contribution in [-0.4, -0.2) is 25.5 Å². The topological polar surface area (TPSA) is 67.4 Å². The van der Waals surface area contributed by atoms with E-state index >= 15 is 0 Å². The van der Waals surface area contributed by atoms with Gasteiger partial charge in [-0.15, -0.1) is 0 Å². The molecule has 0 bridgehead atoms. The molecule has 2 N–H and O–H groups in total. The van der Waals surface area contributed by atoms with E-state index in [1.807, 2.05) is 18.2 Å². The van der Waals surface area contributed by atoms with Crippen LogP contribution in [-0.2, 0) is 4.79 Å². The molecule has 0 aliphatic carbocycles. The van der Waals surface area contributed by atoms with Gasteiger partial charge < -0.3 is 15.4 Å². The molecule has 0 spiro atoms. The highest BCUT2D eigenvalue weighted by Crippen LogP contribution is 2.30. The maximum Gasteiger partial charge on any atom is 0.262 e. The van der Waals surface area contributed by atoms with E-state index in [4.69, 9.17) is 4.74 Å². The molecule has 0 heterocycles. The normalized spacial score (nSPS) is 11.5. The lowest BCUT2D eigenvalue weighted by Gasteiger charge is -2.13. The molecule has 138 valence electrons. The van der Waals surface area contributed by atoms with Gasteiger partial charge in [-0.3, -0.25) is 9.59 Å². The van der Waals surface area contributed by atoms with E-state index in [0.717, 1.165) is 10.9 Å². The molecule has 0 fully saturated rings. The zero-order chi connectivity index (χ0) is 19.1. The Bertz CT molecular complexity index is 792. The molecule has 0 aliphatic rings. The number of carbonyl (C=O) groups excluding carboxylic acids is 2. The molecule has 5 nitrogen and oxygen atoms in total. The number of hydrogen-bond donors (Lipinski definition) is 2. The number of amides is 2. The van der Waals surface area contributed by atoms with Crippen LogP contribution in [0.15, 0.2) is 46.9 Å². The van der Waals surface area contributed by atoms with Gasteiger partial charge in [0.05, 0.1) is 4.47 Å². The summed E-state index contributed by atoms with van der Waals surface area (Å²) in [6, 6.07) is 12.6. The molecule has 6 heteroatoms. The maximum atomic E-state index is 12.1. The van der Waals surface area contributed by atoms with Crippen LogP contribution in [0.5, 0.6) is 5.75 Å². The summed E-state index contributed by atoms with van der Waals surface area (Å²) < 4.78 is 6.42. The summed E-state index contributed by atoms with van der Waals surface area (Å²) in [6.45, 7) is 4.20. The molecule has 2 amide bonds. The Hall–Kier alpha value is -2.34. The smallest absolute Gasteiger partial charge is 0.262 e. The fourth-order valence-corrected chi connectivity index (χ4v) is 2.91. The minimum atomic E-state index is -0.294. The van der Waals surface area contributed by atoms with Crippen molar-refractivity contribution >= 4 is 33.4 Å². The highest BCUT2D eigenvalue weighted by Gasteiger charge is 2.10. The number of carbonyl (C=O) groups is 2. The Labute approximate surface area is 162 Å². The Morgan fingerprint density at radius 3 is 2.62 bits per heavy atom. The third-order valence-electron chi connectivity index (χ3n) is 4.13. The van der Waals surface area contributed by atoms with E-state index in [9.17, 15) is 9.59 Å². The number of ether oxygens (including phenoxy) is 1. The van der Waals surface area contributed by atoms with Gasteiger partial charge in [0.15, 0.2) is 6.61 Å². The number of halogens is 1. The first kappa shape index (κ1) is 20.0. The Morgan fingerprint density at radius 2 is 1.96 bits per heavy atom. The minimum absolute atomic E-state index is 0.120. The van der Waals surface area contributed by atoms with E-state index in [-0.39, 0.29) is 18.4 Å². The van der Waals surface area contributed by atoms with Gasteiger partial charge in [-0.25, -0.2) is 0 Å². The van der Waals surface area contributed by atoms with Gasteiger partial charge in [0, 0.05) is 18.3 Å². The Balaban J connectivity index is 1.96. The summed E-state index contributed by atoms with van der Waals surface area (Å²) in [5.41, 5.74) is 2.25. The molecule has 1 unspecified atom stereocenters. The van der Waals surface area contributed by atoms with Crippen molar-refractivity contribution < 1.29 is 14.3 Å². The molecule has 0 radical (unpaired) electrons. The standard InChI is InChI=1S/C20H23BrN2O3/c1-4-13(2)14-8-9-18(17(21)11-14)26-12-19(24)23-16-7-5-6-15(10-16)20(25)22-3/h5-11,13H,4,12H2,1-3H3,(H,22,25)(H,23,24). The van der Waals surface area contributed by atoms with Crippen molar-refractivity contribution in [2.45, 2.75) is 26.2 Å². The summed E-state index contributed by atoms with van der Waals surface area (Å²) in [6.07, 6.45) is 1.06. The quantitative estimate of drug-likeness (QED) is 0.702. The van der Waals surface area contributed by atoms with Crippen LogP contribution in [0.3, 0.4) is 0 Å². The third-order valence-corrected chi connectivity index (χ3v) is 4.75. The second-order valence-electron chi connectivity index (χ2n) is 6.00. The third kappa shape index (κ3) is 5.33. The van der Waals surface area contributed by atoms with E-state index in [1.54, 1.807) is 31.3 Å². The summed E-state index contributed by atoms with van der Waals surface area (Å²) in [5.74, 6) is 0.585. The van der Waals surface area contributed by atoms with Crippen LogP contribution in [0, 0.1) is 0 Å². The van der Waals surface area contributed by atoms with E-state index in [2.05, 4.69) is 40.4 Å². The molecule has 2 aromatic carbocycles. The minimum Gasteiger partial charge on any atom is -0.483 e. The summed E-state index contributed by atoms with van der Waals surface area (Å²) in [5, 5.41) is 5.28. The molecular formula is C20H23BrN2O3. The summed E-state index contributed by atoms with van der Waals surface area (Å²) in [4.78, 5) is 23.8. The molecule has 0 saturated heterocycles. The Kier molecular flexibility index (Phi) is 7.21. The van der Waals surface area contributed by atoms with Gasteiger partial charge in [-0.05, 0) is 64.2 Å². The van der Waals surface area contributed by atoms with Crippen molar-refractivity contribution in [3.05, 3.63) is 58.1 Å². The second kappa shape index (κ2) is 9.38. The van der Waals surface area contributed by atoms with Crippen molar-refractivity contribution in [1.82, 2.24) is 5.32 Å². The molecule has 26 heavy (non-hydrogen) atoms. The van der Waals surface area contributed by atoms with Gasteiger partial charge in [-0.1, -0.05) is 26.0 Å².